The molecule has 0 aliphatic carbocycles. The number of sulfonamides is 1. The number of carbonyl (C=O) groups is 2. The van der Waals surface area contributed by atoms with Crippen molar-refractivity contribution >= 4 is 56.3 Å². The molecule has 8 nitrogen and oxygen atoms in total. The van der Waals surface area contributed by atoms with Crippen molar-refractivity contribution in [3.63, 3.8) is 0 Å². The first-order valence-electron chi connectivity index (χ1n) is 8.94. The van der Waals surface area contributed by atoms with E-state index in [4.69, 9.17) is 22.1 Å². The first kappa shape index (κ1) is 22.9. The molecule has 2 aromatic rings. The van der Waals surface area contributed by atoms with E-state index in [1.165, 1.54) is 25.1 Å². The highest BCUT2D eigenvalue weighted by molar-refractivity contribution is 8.26. The lowest BCUT2D eigenvalue weighted by atomic mass is 10.2. The van der Waals surface area contributed by atoms with Crippen LogP contribution < -0.4 is 9.57 Å². The van der Waals surface area contributed by atoms with Crippen LogP contribution in [0.3, 0.4) is 0 Å². The van der Waals surface area contributed by atoms with Gasteiger partial charge in [-0.1, -0.05) is 59.9 Å². The van der Waals surface area contributed by atoms with E-state index < -0.39 is 28.0 Å². The van der Waals surface area contributed by atoms with Crippen LogP contribution in [0.15, 0.2) is 58.3 Å². The number of para-hydroxylation sites is 1. The van der Waals surface area contributed by atoms with Gasteiger partial charge < -0.3 is 9.84 Å². The lowest BCUT2D eigenvalue weighted by molar-refractivity contribution is -0.144. The van der Waals surface area contributed by atoms with Crippen molar-refractivity contribution < 1.29 is 27.9 Å². The normalized spacial score (nSPS) is 16.6. The van der Waals surface area contributed by atoms with Crippen molar-refractivity contribution in [3.05, 3.63) is 64.6 Å². The smallest absolute Gasteiger partial charge is 0.344 e. The molecule has 0 saturated carbocycles. The van der Waals surface area contributed by atoms with E-state index >= 15 is 0 Å². The number of aryl methyl sites for hydroxylation is 1. The molecule has 31 heavy (non-hydrogen) atoms. The molecule has 3 rings (SSSR count). The van der Waals surface area contributed by atoms with Crippen molar-refractivity contribution in [2.45, 2.75) is 24.8 Å². The number of hydrogen-bond donors (Lipinski definition) is 2. The Morgan fingerprint density at radius 2 is 1.87 bits per heavy atom. The number of carboxylic acid groups (broad SMARTS) is 1. The Bertz CT molecular complexity index is 1180. The molecule has 0 bridgehead atoms. The molecule has 2 N–H and O–H groups in total. The summed E-state index contributed by atoms with van der Waals surface area (Å²) in [7, 11) is -4.02. The quantitative estimate of drug-likeness (QED) is 0.461. The van der Waals surface area contributed by atoms with E-state index in [-0.39, 0.29) is 19.9 Å². The first-order chi connectivity index (χ1) is 14.6. The van der Waals surface area contributed by atoms with Crippen LogP contribution in [-0.2, 0) is 19.6 Å². The number of amides is 1. The molecule has 1 heterocycles. The SMILES string of the molecule is Cc1ccc(S(=O)(=O)NN2C(=O)/C(=C\c3ccccc3OC(C)C(=O)O)SC2=S)cc1. The second kappa shape index (κ2) is 9.18. The molecule has 0 spiro atoms. The van der Waals surface area contributed by atoms with E-state index in [2.05, 4.69) is 4.83 Å². The number of ether oxygens (including phenoxy) is 1. The van der Waals surface area contributed by atoms with E-state index in [0.717, 1.165) is 22.3 Å². The van der Waals surface area contributed by atoms with Crippen LogP contribution in [0.4, 0.5) is 0 Å². The van der Waals surface area contributed by atoms with Gasteiger partial charge in [0.2, 0.25) is 0 Å². The average molecular weight is 479 g/mol. The maximum Gasteiger partial charge on any atom is 0.344 e. The number of aliphatic carboxylic acids is 1. The van der Waals surface area contributed by atoms with Crippen LogP contribution >= 0.6 is 24.0 Å². The van der Waals surface area contributed by atoms with Gasteiger partial charge in [-0.2, -0.15) is 0 Å². The molecule has 1 amide bonds. The van der Waals surface area contributed by atoms with E-state index in [1.807, 2.05) is 6.92 Å². The predicted octanol–water partition coefficient (Wildman–Crippen LogP) is 2.94. The summed E-state index contributed by atoms with van der Waals surface area (Å²) in [6, 6.07) is 12.7. The minimum atomic E-state index is -4.02. The summed E-state index contributed by atoms with van der Waals surface area (Å²) < 4.78 is 30.7. The number of thioether (sulfide) groups is 1. The zero-order chi connectivity index (χ0) is 22.8. The summed E-state index contributed by atoms with van der Waals surface area (Å²) in [5, 5.41) is 9.86. The van der Waals surface area contributed by atoms with Gasteiger partial charge in [-0.05, 0) is 38.1 Å². The number of benzene rings is 2. The molecular weight excluding hydrogens is 460 g/mol. The average Bonchev–Trinajstić information content (AvgIpc) is 2.96. The third kappa shape index (κ3) is 5.31. The van der Waals surface area contributed by atoms with Gasteiger partial charge in [0.05, 0.1) is 9.80 Å². The molecule has 1 atom stereocenters. The van der Waals surface area contributed by atoms with Gasteiger partial charge in [-0.3, -0.25) is 4.79 Å². The van der Waals surface area contributed by atoms with E-state index in [1.54, 1.807) is 36.4 Å². The third-order valence-electron chi connectivity index (χ3n) is 4.19. The van der Waals surface area contributed by atoms with Crippen LogP contribution in [0.2, 0.25) is 0 Å². The summed E-state index contributed by atoms with van der Waals surface area (Å²) >= 11 is 6.10. The standard InChI is InChI=1S/C20H18N2O6S3/c1-12-7-9-15(10-8-12)31(26,27)21-22-18(23)17(30-20(22)29)11-14-5-3-4-6-16(14)28-13(2)19(24)25/h3-11,13,21H,1-2H3,(H,24,25)/b17-11+. The Kier molecular flexibility index (Phi) is 6.80. The van der Waals surface area contributed by atoms with Crippen LogP contribution in [0.1, 0.15) is 18.1 Å². The molecule has 0 radical (unpaired) electrons. The topological polar surface area (TPSA) is 113 Å². The zero-order valence-corrected chi connectivity index (χ0v) is 18.9. The number of thiocarbonyl (C=S) groups is 1. The van der Waals surface area contributed by atoms with Crippen LogP contribution in [-0.4, -0.2) is 40.8 Å². The second-order valence-corrected chi connectivity index (χ2v) is 9.90. The van der Waals surface area contributed by atoms with E-state index in [9.17, 15) is 18.0 Å². The fourth-order valence-electron chi connectivity index (χ4n) is 2.53. The fraction of sp³-hybridized carbons (Fsp3) is 0.150. The Balaban J connectivity index is 1.85. The van der Waals surface area contributed by atoms with Crippen molar-refractivity contribution in [2.24, 2.45) is 0 Å². The highest BCUT2D eigenvalue weighted by atomic mass is 32.2. The van der Waals surface area contributed by atoms with Crippen molar-refractivity contribution in [1.82, 2.24) is 9.84 Å². The molecule has 1 aliphatic rings. The number of hydrogen-bond acceptors (Lipinski definition) is 7. The predicted molar refractivity (Wildman–Crippen MR) is 121 cm³/mol. The largest absolute Gasteiger partial charge is 0.479 e. The summed E-state index contributed by atoms with van der Waals surface area (Å²) in [4.78, 5) is 26.3. The highest BCUT2D eigenvalue weighted by Crippen LogP contribution is 2.34. The van der Waals surface area contributed by atoms with Crippen LogP contribution in [0.5, 0.6) is 5.75 Å². The molecule has 0 aromatic heterocycles. The summed E-state index contributed by atoms with van der Waals surface area (Å²) in [5.74, 6) is -1.51. The number of carboxylic acids is 1. The number of rotatable bonds is 7. The molecule has 1 unspecified atom stereocenters. The summed E-state index contributed by atoms with van der Waals surface area (Å²) in [6.07, 6.45) is 0.383. The van der Waals surface area contributed by atoms with Gasteiger partial charge in [0, 0.05) is 5.56 Å². The monoisotopic (exact) mass is 478 g/mol. The van der Waals surface area contributed by atoms with Crippen molar-refractivity contribution in [2.75, 3.05) is 0 Å². The number of nitrogens with one attached hydrogen (secondary N) is 1. The van der Waals surface area contributed by atoms with Crippen LogP contribution in [0.25, 0.3) is 6.08 Å². The lowest BCUT2D eigenvalue weighted by Crippen LogP contribution is -2.44. The minimum Gasteiger partial charge on any atom is -0.479 e. The van der Waals surface area contributed by atoms with Gasteiger partial charge in [0.25, 0.3) is 15.9 Å². The number of hydrazine groups is 1. The highest BCUT2D eigenvalue weighted by Gasteiger charge is 2.35. The van der Waals surface area contributed by atoms with E-state index in [0.29, 0.717) is 5.56 Å². The maximum atomic E-state index is 12.8. The molecular formula is C20H18N2O6S3. The van der Waals surface area contributed by atoms with Gasteiger partial charge in [-0.25, -0.2) is 18.2 Å². The summed E-state index contributed by atoms with van der Waals surface area (Å²) in [5.41, 5.74) is 1.35. The second-order valence-electron chi connectivity index (χ2n) is 6.56. The maximum absolute atomic E-state index is 12.8. The minimum absolute atomic E-state index is 0.00228. The molecule has 162 valence electrons. The Hall–Kier alpha value is -2.73. The molecule has 1 saturated heterocycles. The lowest BCUT2D eigenvalue weighted by Gasteiger charge is -2.16. The third-order valence-corrected chi connectivity index (χ3v) is 6.81. The zero-order valence-electron chi connectivity index (χ0n) is 16.4. The molecule has 1 fully saturated rings. The fourth-order valence-corrected chi connectivity index (χ4v) is 4.83. The molecule has 11 heteroatoms. The molecule has 1 aliphatic heterocycles. The first-order valence-corrected chi connectivity index (χ1v) is 11.6. The van der Waals surface area contributed by atoms with Gasteiger partial charge in [0.1, 0.15) is 5.75 Å². The number of nitrogens with zero attached hydrogens (tertiary/aromatic N) is 1. The Morgan fingerprint density at radius 3 is 2.52 bits per heavy atom. The number of carbonyl (C=O) groups excluding carboxylic acids is 1. The van der Waals surface area contributed by atoms with Crippen LogP contribution in [0, 0.1) is 6.92 Å². The van der Waals surface area contributed by atoms with Gasteiger partial charge >= 0.3 is 5.97 Å². The Labute approximate surface area is 188 Å². The Morgan fingerprint density at radius 1 is 1.23 bits per heavy atom. The van der Waals surface area contributed by atoms with Crippen molar-refractivity contribution in [3.8, 4) is 5.75 Å². The summed E-state index contributed by atoms with van der Waals surface area (Å²) in [6.45, 7) is 3.22. The van der Waals surface area contributed by atoms with Gasteiger partial charge in [0.15, 0.2) is 10.4 Å². The molecule has 2 aromatic carbocycles. The van der Waals surface area contributed by atoms with Gasteiger partial charge in [-0.15, -0.1) is 4.83 Å². The van der Waals surface area contributed by atoms with Crippen molar-refractivity contribution in [1.29, 1.82) is 0 Å².